The number of pyridine rings is 1. The first-order chi connectivity index (χ1) is 11.1. The Labute approximate surface area is 136 Å². The monoisotopic (exact) mass is 317 g/mol. The van der Waals surface area contributed by atoms with E-state index in [1.807, 2.05) is 11.3 Å². The number of aromatic nitrogens is 1. The third-order valence-electron chi connectivity index (χ3n) is 3.89. The lowest BCUT2D eigenvalue weighted by Crippen LogP contribution is -2.07. The van der Waals surface area contributed by atoms with Crippen LogP contribution in [0.15, 0.2) is 18.3 Å². The van der Waals surface area contributed by atoms with E-state index in [1.54, 1.807) is 25.3 Å². The summed E-state index contributed by atoms with van der Waals surface area (Å²) in [5.41, 5.74) is 3.89. The molecule has 0 N–H and O–H groups in total. The minimum atomic E-state index is -0.390. The molecule has 0 aliphatic rings. The molecule has 23 heavy (non-hydrogen) atoms. The van der Waals surface area contributed by atoms with Crippen molar-refractivity contribution in [2.24, 2.45) is 0 Å². The van der Waals surface area contributed by atoms with Gasteiger partial charge in [-0.15, -0.1) is 0 Å². The molecule has 0 amide bonds. The van der Waals surface area contributed by atoms with Gasteiger partial charge in [-0.25, -0.2) is 9.59 Å². The number of hydrogen-bond donors (Lipinski definition) is 0. The predicted molar refractivity (Wildman–Crippen MR) is 88.1 cm³/mol. The van der Waals surface area contributed by atoms with Crippen molar-refractivity contribution in [3.05, 3.63) is 40.7 Å². The molecule has 0 aromatic carbocycles. The van der Waals surface area contributed by atoms with Crippen molar-refractivity contribution in [2.45, 2.75) is 40.0 Å². The Morgan fingerprint density at radius 1 is 1.13 bits per heavy atom. The Balaban J connectivity index is 2.74. The zero-order chi connectivity index (χ0) is 17.0. The van der Waals surface area contributed by atoms with Crippen molar-refractivity contribution < 1.29 is 19.1 Å². The van der Waals surface area contributed by atoms with Crippen LogP contribution < -0.4 is 0 Å². The third-order valence-corrected chi connectivity index (χ3v) is 3.89. The van der Waals surface area contributed by atoms with Crippen LogP contribution >= 0.6 is 0 Å². The van der Waals surface area contributed by atoms with Gasteiger partial charge in [-0.05, 0) is 37.5 Å². The average Bonchev–Trinajstić information content (AvgIpc) is 2.87. The zero-order valence-corrected chi connectivity index (χ0v) is 14.1. The van der Waals surface area contributed by atoms with Crippen LogP contribution in [0.25, 0.3) is 5.52 Å². The van der Waals surface area contributed by atoms with E-state index < -0.39 is 5.97 Å². The van der Waals surface area contributed by atoms with E-state index in [2.05, 4.69) is 6.92 Å². The van der Waals surface area contributed by atoms with Gasteiger partial charge >= 0.3 is 11.9 Å². The second kappa shape index (κ2) is 7.31. The Morgan fingerprint density at radius 3 is 2.43 bits per heavy atom. The summed E-state index contributed by atoms with van der Waals surface area (Å²) in [5.74, 6) is -0.700. The van der Waals surface area contributed by atoms with Crippen molar-refractivity contribution in [3.8, 4) is 0 Å². The molecule has 0 unspecified atom stereocenters. The molecular formula is C18H23NO4. The van der Waals surface area contributed by atoms with E-state index in [0.29, 0.717) is 17.7 Å². The number of methoxy groups -OCH3 is 1. The highest BCUT2D eigenvalue weighted by atomic mass is 16.5. The van der Waals surface area contributed by atoms with Crippen LogP contribution in [0.5, 0.6) is 0 Å². The third kappa shape index (κ3) is 3.09. The molecule has 0 aliphatic heterocycles. The highest BCUT2D eigenvalue weighted by molar-refractivity contribution is 6.00. The van der Waals surface area contributed by atoms with Gasteiger partial charge in [0.05, 0.1) is 30.4 Å². The number of aryl methyl sites for hydroxylation is 1. The summed E-state index contributed by atoms with van der Waals surface area (Å²) < 4.78 is 11.9. The van der Waals surface area contributed by atoms with Gasteiger partial charge in [-0.1, -0.05) is 20.3 Å². The van der Waals surface area contributed by atoms with Gasteiger partial charge in [0.2, 0.25) is 0 Å². The lowest BCUT2D eigenvalue weighted by atomic mass is 10.0. The van der Waals surface area contributed by atoms with E-state index in [0.717, 1.165) is 36.0 Å². The summed E-state index contributed by atoms with van der Waals surface area (Å²) in [7, 11) is 1.36. The minimum Gasteiger partial charge on any atom is -0.465 e. The van der Waals surface area contributed by atoms with Crippen molar-refractivity contribution in [1.29, 1.82) is 0 Å². The maximum atomic E-state index is 12.4. The first-order valence-corrected chi connectivity index (χ1v) is 8.00. The second-order valence-electron chi connectivity index (χ2n) is 5.29. The summed E-state index contributed by atoms with van der Waals surface area (Å²) in [4.78, 5) is 24.2. The quantitative estimate of drug-likeness (QED) is 0.766. The summed E-state index contributed by atoms with van der Waals surface area (Å²) in [6, 6.07) is 3.47. The lowest BCUT2D eigenvalue weighted by molar-refractivity contribution is 0.0526. The summed E-state index contributed by atoms with van der Waals surface area (Å²) >= 11 is 0. The number of ether oxygens (including phenoxy) is 2. The molecule has 2 aromatic rings. The molecule has 0 fully saturated rings. The molecule has 0 atom stereocenters. The van der Waals surface area contributed by atoms with E-state index in [9.17, 15) is 9.59 Å². The molecule has 5 heteroatoms. The van der Waals surface area contributed by atoms with Crippen LogP contribution in [0.1, 0.15) is 59.2 Å². The van der Waals surface area contributed by atoms with E-state index >= 15 is 0 Å². The van der Waals surface area contributed by atoms with Gasteiger partial charge in [-0.3, -0.25) is 0 Å². The van der Waals surface area contributed by atoms with E-state index in [-0.39, 0.29) is 5.97 Å². The van der Waals surface area contributed by atoms with E-state index in [1.165, 1.54) is 7.11 Å². The first kappa shape index (κ1) is 17.1. The fourth-order valence-electron chi connectivity index (χ4n) is 2.93. The predicted octanol–water partition coefficient (Wildman–Crippen LogP) is 3.42. The second-order valence-corrected chi connectivity index (χ2v) is 5.29. The van der Waals surface area contributed by atoms with Crippen LogP contribution in [0.2, 0.25) is 0 Å². The van der Waals surface area contributed by atoms with Crippen LogP contribution in [0.4, 0.5) is 0 Å². The Morgan fingerprint density at radius 2 is 1.87 bits per heavy atom. The summed E-state index contributed by atoms with van der Waals surface area (Å²) in [5, 5.41) is 0. The van der Waals surface area contributed by atoms with Crippen LogP contribution in [0, 0.1) is 0 Å². The molecule has 0 radical (unpaired) electrons. The maximum Gasteiger partial charge on any atom is 0.340 e. The highest BCUT2D eigenvalue weighted by Gasteiger charge is 2.23. The Bertz CT molecular complexity index is 730. The number of rotatable bonds is 6. The normalized spacial score (nSPS) is 10.8. The largest absolute Gasteiger partial charge is 0.465 e. The zero-order valence-electron chi connectivity index (χ0n) is 14.1. The number of esters is 2. The molecule has 0 aliphatic carbocycles. The topological polar surface area (TPSA) is 57.0 Å². The molecule has 2 aromatic heterocycles. The minimum absolute atomic E-state index is 0.310. The van der Waals surface area contributed by atoms with Crippen LogP contribution in [-0.4, -0.2) is 30.1 Å². The molecule has 5 nitrogen and oxygen atoms in total. The fraction of sp³-hybridized carbons (Fsp3) is 0.444. The van der Waals surface area contributed by atoms with Crippen LogP contribution in [-0.2, 0) is 22.3 Å². The van der Waals surface area contributed by atoms with Gasteiger partial charge in [0.1, 0.15) is 0 Å². The molecule has 0 bridgehead atoms. The van der Waals surface area contributed by atoms with Crippen molar-refractivity contribution in [1.82, 2.24) is 4.40 Å². The summed E-state index contributed by atoms with van der Waals surface area (Å²) in [6.07, 6.45) is 4.25. The number of nitrogens with zero attached hydrogens (tertiary/aromatic N) is 1. The summed E-state index contributed by atoms with van der Waals surface area (Å²) in [6.45, 7) is 6.25. The van der Waals surface area contributed by atoms with Crippen LogP contribution in [0.3, 0.4) is 0 Å². The van der Waals surface area contributed by atoms with Crippen molar-refractivity contribution >= 4 is 17.5 Å². The van der Waals surface area contributed by atoms with Gasteiger partial charge in [0, 0.05) is 11.9 Å². The molecule has 2 rings (SSSR count). The maximum absolute atomic E-state index is 12.4. The smallest absolute Gasteiger partial charge is 0.340 e. The number of hydrogen-bond acceptors (Lipinski definition) is 4. The van der Waals surface area contributed by atoms with Crippen molar-refractivity contribution in [3.63, 3.8) is 0 Å². The fourth-order valence-corrected chi connectivity index (χ4v) is 2.93. The number of carbonyl (C=O) groups is 2. The molecule has 124 valence electrons. The van der Waals surface area contributed by atoms with Crippen molar-refractivity contribution in [2.75, 3.05) is 13.7 Å². The number of carbonyl (C=O) groups excluding carboxylic acids is 2. The number of fused-ring (bicyclic) bond motifs is 1. The molecule has 0 saturated heterocycles. The standard InChI is InChI=1S/C18H23NO4/c1-5-8-14-13(6-2)16(18(21)23-7-3)15-10-9-12(11-19(14)15)17(20)22-4/h9-11H,5-8H2,1-4H3. The van der Waals surface area contributed by atoms with Gasteiger partial charge in [0.25, 0.3) is 0 Å². The first-order valence-electron chi connectivity index (χ1n) is 8.00. The Kier molecular flexibility index (Phi) is 5.42. The molecule has 0 spiro atoms. The van der Waals surface area contributed by atoms with Gasteiger partial charge in [0.15, 0.2) is 0 Å². The lowest BCUT2D eigenvalue weighted by Gasteiger charge is -2.05. The molecular weight excluding hydrogens is 294 g/mol. The molecule has 2 heterocycles. The Hall–Kier alpha value is -2.30. The van der Waals surface area contributed by atoms with Gasteiger partial charge in [-0.2, -0.15) is 0 Å². The van der Waals surface area contributed by atoms with Gasteiger partial charge < -0.3 is 13.9 Å². The molecule has 0 saturated carbocycles. The SMILES string of the molecule is CCCc1c(CC)c(C(=O)OCC)c2ccc(C(=O)OC)cn12. The average molecular weight is 317 g/mol. The van der Waals surface area contributed by atoms with E-state index in [4.69, 9.17) is 9.47 Å². The highest BCUT2D eigenvalue weighted by Crippen LogP contribution is 2.27.